The molecular formula is C24H21ClN2O. The molecule has 0 atom stereocenters. The van der Waals surface area contributed by atoms with E-state index in [1.807, 2.05) is 18.2 Å². The topological polar surface area (TPSA) is 51.8 Å². The molecule has 3 nitrogen and oxygen atoms in total. The third-order valence-corrected chi connectivity index (χ3v) is 5.85. The Morgan fingerprint density at radius 1 is 0.821 bits per heavy atom. The molecule has 3 N–H and O–H groups in total. The number of aliphatic hydroxyl groups excluding tert-OH is 1. The predicted octanol–water partition coefficient (Wildman–Crippen LogP) is 6.44. The maximum atomic E-state index is 9.01. The van der Waals surface area contributed by atoms with Gasteiger partial charge in [0.15, 0.2) is 0 Å². The Bertz CT molecular complexity index is 1300. The first-order chi connectivity index (χ1) is 13.8. The van der Waals surface area contributed by atoms with Gasteiger partial charge in [-0.25, -0.2) is 0 Å². The molecule has 0 unspecified atom stereocenters. The summed E-state index contributed by atoms with van der Waals surface area (Å²) >= 11 is 6.50. The van der Waals surface area contributed by atoms with Gasteiger partial charge in [-0.1, -0.05) is 41.9 Å². The number of aliphatic hydroxyl groups is 1. The lowest BCUT2D eigenvalue weighted by molar-refractivity contribution is 0.284. The van der Waals surface area contributed by atoms with Crippen molar-refractivity contribution in [2.45, 2.75) is 19.3 Å². The van der Waals surface area contributed by atoms with E-state index in [0.29, 0.717) is 0 Å². The number of H-pyrrole nitrogens is 2. The van der Waals surface area contributed by atoms with E-state index in [2.05, 4.69) is 52.7 Å². The molecule has 0 saturated heterocycles. The van der Waals surface area contributed by atoms with Crippen LogP contribution in [0.3, 0.4) is 0 Å². The van der Waals surface area contributed by atoms with Gasteiger partial charge < -0.3 is 15.1 Å². The van der Waals surface area contributed by atoms with E-state index in [4.69, 9.17) is 16.7 Å². The molecule has 0 spiro atoms. The number of hydrogen-bond donors (Lipinski definition) is 3. The highest BCUT2D eigenvalue weighted by molar-refractivity contribution is 6.34. The van der Waals surface area contributed by atoms with Crippen molar-refractivity contribution < 1.29 is 5.11 Å². The van der Waals surface area contributed by atoms with Crippen molar-refractivity contribution in [3.63, 3.8) is 0 Å². The van der Waals surface area contributed by atoms with Crippen LogP contribution in [0.5, 0.6) is 0 Å². The zero-order valence-corrected chi connectivity index (χ0v) is 16.2. The number of halogens is 1. The van der Waals surface area contributed by atoms with Crippen LogP contribution in [-0.2, 0) is 6.42 Å². The van der Waals surface area contributed by atoms with E-state index < -0.39 is 0 Å². The van der Waals surface area contributed by atoms with Gasteiger partial charge in [-0.15, -0.1) is 0 Å². The second-order valence-corrected chi connectivity index (χ2v) is 7.70. The van der Waals surface area contributed by atoms with Crippen LogP contribution in [0.15, 0.2) is 60.9 Å². The number of unbranched alkanes of at least 4 members (excludes halogenated alkanes) is 1. The second kappa shape index (κ2) is 7.01. The van der Waals surface area contributed by atoms with Gasteiger partial charge in [-0.05, 0) is 48.6 Å². The monoisotopic (exact) mass is 388 g/mol. The Balaban J connectivity index is 1.73. The summed E-state index contributed by atoms with van der Waals surface area (Å²) in [6, 6.07) is 16.8. The first-order valence-corrected chi connectivity index (χ1v) is 10.0. The fraction of sp³-hybridized carbons (Fsp3) is 0.167. The van der Waals surface area contributed by atoms with Gasteiger partial charge in [0.1, 0.15) is 0 Å². The molecular weight excluding hydrogens is 368 g/mol. The number of aromatic nitrogens is 2. The van der Waals surface area contributed by atoms with Crippen LogP contribution in [0, 0.1) is 0 Å². The normalized spacial score (nSPS) is 11.8. The van der Waals surface area contributed by atoms with E-state index in [-0.39, 0.29) is 6.61 Å². The van der Waals surface area contributed by atoms with Crippen molar-refractivity contribution in [1.82, 2.24) is 9.97 Å². The van der Waals surface area contributed by atoms with E-state index >= 15 is 0 Å². The number of benzene rings is 3. The molecule has 3 aromatic carbocycles. The molecule has 140 valence electrons. The predicted molar refractivity (Wildman–Crippen MR) is 118 cm³/mol. The number of fused-ring (bicyclic) bond motifs is 5. The van der Waals surface area contributed by atoms with Gasteiger partial charge in [-0.3, -0.25) is 0 Å². The highest BCUT2D eigenvalue weighted by Gasteiger charge is 2.15. The summed E-state index contributed by atoms with van der Waals surface area (Å²) in [5.74, 6) is 0. The SMILES string of the molecule is OCCCCc1ccc2c(c1)[nH]c1cc(-c3ccccc3Cl)c3c[nH]cc3c12. The Kier molecular flexibility index (Phi) is 4.34. The number of aryl methyl sites for hydroxylation is 1. The summed E-state index contributed by atoms with van der Waals surface area (Å²) in [6.07, 6.45) is 6.95. The van der Waals surface area contributed by atoms with Crippen LogP contribution in [0.2, 0.25) is 5.02 Å². The van der Waals surface area contributed by atoms with Crippen molar-refractivity contribution in [3.8, 4) is 11.1 Å². The van der Waals surface area contributed by atoms with Crippen LogP contribution >= 0.6 is 11.6 Å². The molecule has 0 aliphatic rings. The van der Waals surface area contributed by atoms with Crippen molar-refractivity contribution in [2.24, 2.45) is 0 Å². The van der Waals surface area contributed by atoms with Crippen molar-refractivity contribution in [1.29, 1.82) is 0 Å². The first-order valence-electron chi connectivity index (χ1n) is 9.66. The Morgan fingerprint density at radius 3 is 2.54 bits per heavy atom. The molecule has 5 aromatic rings. The third kappa shape index (κ3) is 2.79. The van der Waals surface area contributed by atoms with Crippen LogP contribution < -0.4 is 0 Å². The standard InChI is InChI=1S/C24H21ClN2O/c25-21-7-2-1-6-16(21)18-12-23-24(20-14-26-13-19(18)20)17-9-8-15(5-3-4-10-28)11-22(17)27-23/h1-2,6-9,11-14,26-28H,3-5,10H2. The van der Waals surface area contributed by atoms with Gasteiger partial charge in [-0.2, -0.15) is 0 Å². The number of rotatable bonds is 5. The number of aromatic amines is 2. The molecule has 4 heteroatoms. The zero-order valence-electron chi connectivity index (χ0n) is 15.4. The summed E-state index contributed by atoms with van der Waals surface area (Å²) in [5, 5.41) is 14.6. The van der Waals surface area contributed by atoms with Gasteiger partial charge in [0, 0.05) is 62.2 Å². The molecule has 0 saturated carbocycles. The Labute approximate surface area is 168 Å². The Hall–Kier alpha value is -2.75. The maximum Gasteiger partial charge on any atom is 0.0484 e. The highest BCUT2D eigenvalue weighted by Crippen LogP contribution is 2.40. The molecule has 0 fully saturated rings. The van der Waals surface area contributed by atoms with Gasteiger partial charge in [0.25, 0.3) is 0 Å². The minimum atomic E-state index is 0.255. The van der Waals surface area contributed by atoms with Gasteiger partial charge >= 0.3 is 0 Å². The lowest BCUT2D eigenvalue weighted by Crippen LogP contribution is -1.88. The Morgan fingerprint density at radius 2 is 1.68 bits per heavy atom. The van der Waals surface area contributed by atoms with Crippen molar-refractivity contribution in [3.05, 3.63) is 71.5 Å². The lowest BCUT2D eigenvalue weighted by Gasteiger charge is -2.07. The molecule has 0 bridgehead atoms. The molecule has 28 heavy (non-hydrogen) atoms. The molecule has 0 radical (unpaired) electrons. The molecule has 0 aliphatic carbocycles. The summed E-state index contributed by atoms with van der Waals surface area (Å²) in [5.41, 5.74) is 5.73. The first kappa shape index (κ1) is 17.4. The van der Waals surface area contributed by atoms with Crippen LogP contribution in [0.4, 0.5) is 0 Å². The third-order valence-electron chi connectivity index (χ3n) is 5.52. The molecule has 0 aliphatic heterocycles. The van der Waals surface area contributed by atoms with Crippen molar-refractivity contribution in [2.75, 3.05) is 6.61 Å². The highest BCUT2D eigenvalue weighted by atomic mass is 35.5. The molecule has 5 rings (SSSR count). The smallest absolute Gasteiger partial charge is 0.0484 e. The van der Waals surface area contributed by atoms with E-state index in [1.54, 1.807) is 0 Å². The average molecular weight is 389 g/mol. The fourth-order valence-corrected chi connectivity index (χ4v) is 4.42. The summed E-state index contributed by atoms with van der Waals surface area (Å²) in [4.78, 5) is 6.89. The fourth-order valence-electron chi connectivity index (χ4n) is 4.18. The molecule has 2 heterocycles. The maximum absolute atomic E-state index is 9.01. The molecule has 0 amide bonds. The number of nitrogens with one attached hydrogen (secondary N) is 2. The van der Waals surface area contributed by atoms with Crippen LogP contribution in [0.1, 0.15) is 18.4 Å². The van der Waals surface area contributed by atoms with Gasteiger partial charge in [0.2, 0.25) is 0 Å². The van der Waals surface area contributed by atoms with Gasteiger partial charge in [0.05, 0.1) is 0 Å². The average Bonchev–Trinajstić information content (AvgIpc) is 3.31. The zero-order chi connectivity index (χ0) is 19.1. The van der Waals surface area contributed by atoms with Crippen LogP contribution in [-0.4, -0.2) is 21.7 Å². The lowest BCUT2D eigenvalue weighted by atomic mass is 9.97. The number of hydrogen-bond acceptors (Lipinski definition) is 1. The summed E-state index contributed by atoms with van der Waals surface area (Å²) in [6.45, 7) is 0.255. The minimum Gasteiger partial charge on any atom is -0.396 e. The second-order valence-electron chi connectivity index (χ2n) is 7.29. The van der Waals surface area contributed by atoms with E-state index in [0.717, 1.165) is 46.4 Å². The van der Waals surface area contributed by atoms with Crippen molar-refractivity contribution >= 4 is 44.2 Å². The summed E-state index contributed by atoms with van der Waals surface area (Å²) in [7, 11) is 0. The van der Waals surface area contributed by atoms with Crippen LogP contribution in [0.25, 0.3) is 43.7 Å². The van der Waals surface area contributed by atoms with E-state index in [9.17, 15) is 0 Å². The molecule has 2 aromatic heterocycles. The largest absolute Gasteiger partial charge is 0.396 e. The quantitative estimate of drug-likeness (QED) is 0.298. The van der Waals surface area contributed by atoms with E-state index in [1.165, 1.54) is 27.1 Å². The summed E-state index contributed by atoms with van der Waals surface area (Å²) < 4.78 is 0. The minimum absolute atomic E-state index is 0.255.